The van der Waals surface area contributed by atoms with Gasteiger partial charge in [0.2, 0.25) is 5.13 Å². The highest BCUT2D eigenvalue weighted by atomic mass is 35.5. The van der Waals surface area contributed by atoms with Gasteiger partial charge < -0.3 is 24.1 Å². The third-order valence-electron chi connectivity index (χ3n) is 8.05. The van der Waals surface area contributed by atoms with E-state index in [0.29, 0.717) is 75.1 Å². The van der Waals surface area contributed by atoms with Crippen molar-refractivity contribution in [3.8, 4) is 23.0 Å². The Hall–Kier alpha value is -4.75. The van der Waals surface area contributed by atoms with Crippen molar-refractivity contribution in [2.24, 2.45) is 0 Å². The Morgan fingerprint density at radius 3 is 2.53 bits per heavy atom. The molecule has 1 N–H and O–H groups in total. The maximum absolute atomic E-state index is 13.9. The fraction of sp³-hybridized carbons (Fsp3) is 0.189. The summed E-state index contributed by atoms with van der Waals surface area (Å²) in [6.45, 7) is 3.21. The van der Waals surface area contributed by atoms with Crippen LogP contribution in [-0.2, 0) is 21.9 Å². The van der Waals surface area contributed by atoms with Gasteiger partial charge in [-0.1, -0.05) is 88.8 Å². The van der Waals surface area contributed by atoms with E-state index in [2.05, 4.69) is 10.2 Å². The van der Waals surface area contributed by atoms with Gasteiger partial charge in [-0.3, -0.25) is 14.5 Å². The normalized spacial score (nSPS) is 16.4. The SMILES string of the molecule is CCOc1cc([C@@H]2/C(=C(\O)c3ccc4c(c3)OCCO4)C(=O)C(=O)N2c2nnc(SCc3ccc(Cl)cc3Cl)s2)ccc1OCc1ccccc1. The number of ketones is 1. The lowest BCUT2D eigenvalue weighted by atomic mass is 9.95. The van der Waals surface area contributed by atoms with Crippen LogP contribution >= 0.6 is 46.3 Å². The molecule has 2 aliphatic heterocycles. The number of aliphatic hydroxyl groups is 1. The second-order valence-corrected chi connectivity index (χ2v) is 14.3. The number of benzene rings is 4. The Morgan fingerprint density at radius 2 is 1.75 bits per heavy atom. The number of amides is 1. The van der Waals surface area contributed by atoms with Gasteiger partial charge in [-0.05, 0) is 66.1 Å². The van der Waals surface area contributed by atoms with E-state index in [4.69, 9.17) is 42.1 Å². The molecule has 1 atom stereocenters. The van der Waals surface area contributed by atoms with Crippen LogP contribution in [0.3, 0.4) is 0 Å². The third kappa shape index (κ3) is 7.36. The molecule has 0 unspecified atom stereocenters. The van der Waals surface area contributed by atoms with E-state index in [0.717, 1.165) is 22.5 Å². The summed E-state index contributed by atoms with van der Waals surface area (Å²) >= 11 is 14.9. The van der Waals surface area contributed by atoms with Crippen LogP contribution in [-0.4, -0.2) is 46.8 Å². The Kier molecular flexibility index (Phi) is 10.4. The van der Waals surface area contributed by atoms with E-state index < -0.39 is 17.7 Å². The van der Waals surface area contributed by atoms with Crippen LogP contribution in [0.25, 0.3) is 5.76 Å². The van der Waals surface area contributed by atoms with Gasteiger partial charge in [-0.25, -0.2) is 0 Å². The molecule has 0 saturated carbocycles. The first kappa shape index (κ1) is 34.7. The topological polar surface area (TPSA) is 120 Å². The number of anilines is 1. The molecule has 1 aromatic heterocycles. The van der Waals surface area contributed by atoms with Crippen LogP contribution in [0.5, 0.6) is 23.0 Å². The summed E-state index contributed by atoms with van der Waals surface area (Å²) in [4.78, 5) is 29.1. The minimum atomic E-state index is -1.09. The lowest BCUT2D eigenvalue weighted by Crippen LogP contribution is -2.29. The van der Waals surface area contributed by atoms with Gasteiger partial charge in [-0.2, -0.15) is 0 Å². The average molecular weight is 763 g/mol. The van der Waals surface area contributed by atoms with E-state index in [9.17, 15) is 14.7 Å². The number of nitrogens with zero attached hydrogens (tertiary/aromatic N) is 3. The minimum Gasteiger partial charge on any atom is -0.507 e. The number of aliphatic hydroxyl groups excluding tert-OH is 1. The van der Waals surface area contributed by atoms with Crippen molar-refractivity contribution in [2.45, 2.75) is 29.7 Å². The van der Waals surface area contributed by atoms with Crippen molar-refractivity contribution in [1.82, 2.24) is 10.2 Å². The van der Waals surface area contributed by atoms with E-state index in [-0.39, 0.29) is 22.0 Å². The zero-order valence-electron chi connectivity index (χ0n) is 27.0. The first-order chi connectivity index (χ1) is 24.8. The second kappa shape index (κ2) is 15.2. The molecule has 0 aliphatic carbocycles. The van der Waals surface area contributed by atoms with Crippen LogP contribution in [0.4, 0.5) is 5.13 Å². The highest BCUT2D eigenvalue weighted by molar-refractivity contribution is 8.00. The fourth-order valence-electron chi connectivity index (χ4n) is 5.65. The molecule has 10 nitrogen and oxygen atoms in total. The maximum atomic E-state index is 13.9. The summed E-state index contributed by atoms with van der Waals surface area (Å²) in [6, 6.07) is 23.9. The van der Waals surface area contributed by atoms with Crippen LogP contribution in [0, 0.1) is 0 Å². The molecule has 51 heavy (non-hydrogen) atoms. The van der Waals surface area contributed by atoms with Gasteiger partial charge in [0.25, 0.3) is 5.78 Å². The molecule has 14 heteroatoms. The van der Waals surface area contributed by atoms with E-state index in [1.54, 1.807) is 48.5 Å². The quantitative estimate of drug-likeness (QED) is 0.0461. The summed E-state index contributed by atoms with van der Waals surface area (Å²) in [5, 5.41) is 21.6. The number of hydrogen-bond acceptors (Lipinski definition) is 11. The molecule has 1 amide bonds. The second-order valence-electron chi connectivity index (χ2n) is 11.3. The van der Waals surface area contributed by atoms with Crippen molar-refractivity contribution in [3.05, 3.63) is 123 Å². The van der Waals surface area contributed by atoms with Crippen molar-refractivity contribution >= 4 is 68.9 Å². The first-order valence-electron chi connectivity index (χ1n) is 15.9. The monoisotopic (exact) mass is 761 g/mol. The largest absolute Gasteiger partial charge is 0.507 e. The highest BCUT2D eigenvalue weighted by Gasteiger charge is 2.48. The molecular formula is C37H29Cl2N3O7S2. The molecule has 4 aromatic carbocycles. The summed E-state index contributed by atoms with van der Waals surface area (Å²) < 4.78 is 24.0. The number of halogens is 2. The van der Waals surface area contributed by atoms with Crippen molar-refractivity contribution in [1.29, 1.82) is 0 Å². The van der Waals surface area contributed by atoms with Gasteiger partial charge in [0, 0.05) is 21.4 Å². The predicted molar refractivity (Wildman–Crippen MR) is 197 cm³/mol. The molecular weight excluding hydrogens is 733 g/mol. The number of thioether (sulfide) groups is 1. The Bertz CT molecular complexity index is 2140. The third-order valence-corrected chi connectivity index (χ3v) is 10.7. The smallest absolute Gasteiger partial charge is 0.301 e. The molecule has 0 spiro atoms. The molecule has 0 radical (unpaired) electrons. The molecule has 3 heterocycles. The molecule has 1 saturated heterocycles. The zero-order chi connectivity index (χ0) is 35.5. The Morgan fingerprint density at radius 1 is 0.941 bits per heavy atom. The molecule has 1 fully saturated rings. The van der Waals surface area contributed by atoms with E-state index in [1.807, 2.05) is 43.3 Å². The molecule has 260 valence electrons. The summed E-state index contributed by atoms with van der Waals surface area (Å²) in [7, 11) is 0. The van der Waals surface area contributed by atoms with Gasteiger partial charge in [0.1, 0.15) is 25.6 Å². The van der Waals surface area contributed by atoms with Gasteiger partial charge >= 0.3 is 5.91 Å². The molecule has 7 rings (SSSR count). The Labute approximate surface area is 311 Å². The van der Waals surface area contributed by atoms with Crippen molar-refractivity contribution in [2.75, 3.05) is 24.7 Å². The van der Waals surface area contributed by atoms with Crippen molar-refractivity contribution < 1.29 is 33.6 Å². The van der Waals surface area contributed by atoms with E-state index in [1.165, 1.54) is 16.7 Å². The standard InChI is InChI=1S/C37H29Cl2N3O7S2/c1-2-46-29-16-22(9-12-28(29)49-19-21-6-4-3-5-7-21)32-31(33(43)23-10-13-27-30(17-23)48-15-14-47-27)34(44)35(45)42(32)36-40-41-37(51-36)50-20-24-8-11-25(38)18-26(24)39/h3-13,16-18,32,43H,2,14-15,19-20H2,1H3/b33-31+/t32-/m1/s1. The summed E-state index contributed by atoms with van der Waals surface area (Å²) in [5.74, 6) is 0.160. The molecule has 5 aromatic rings. The predicted octanol–water partition coefficient (Wildman–Crippen LogP) is 8.51. The van der Waals surface area contributed by atoms with Crippen LogP contribution < -0.4 is 23.8 Å². The van der Waals surface area contributed by atoms with Gasteiger partial charge in [-0.15, -0.1) is 10.2 Å². The number of carbonyl (C=O) groups is 2. The van der Waals surface area contributed by atoms with Gasteiger partial charge in [0.05, 0.1) is 18.2 Å². The zero-order valence-corrected chi connectivity index (χ0v) is 30.2. The number of rotatable bonds is 11. The number of carbonyl (C=O) groups excluding carboxylic acids is 2. The maximum Gasteiger partial charge on any atom is 0.301 e. The Balaban J connectivity index is 1.28. The van der Waals surface area contributed by atoms with Crippen molar-refractivity contribution in [3.63, 3.8) is 0 Å². The molecule has 2 aliphatic rings. The summed E-state index contributed by atoms with van der Waals surface area (Å²) in [6.07, 6.45) is 0. The number of hydrogen-bond donors (Lipinski definition) is 1. The molecule has 0 bridgehead atoms. The summed E-state index contributed by atoms with van der Waals surface area (Å²) in [5.41, 5.74) is 2.46. The highest BCUT2D eigenvalue weighted by Crippen LogP contribution is 2.46. The van der Waals surface area contributed by atoms with Crippen LogP contribution in [0.15, 0.2) is 94.8 Å². The fourth-order valence-corrected chi connectivity index (χ4v) is 8.07. The average Bonchev–Trinajstić information content (AvgIpc) is 3.72. The van der Waals surface area contributed by atoms with Gasteiger partial charge in [0.15, 0.2) is 27.3 Å². The first-order valence-corrected chi connectivity index (χ1v) is 18.4. The number of ether oxygens (including phenoxy) is 4. The van der Waals surface area contributed by atoms with Crippen LogP contribution in [0.2, 0.25) is 10.0 Å². The lowest BCUT2D eigenvalue weighted by Gasteiger charge is -2.24. The number of Topliss-reactive ketones (excluding diaryl/α,β-unsaturated/α-hetero) is 1. The van der Waals surface area contributed by atoms with E-state index >= 15 is 0 Å². The van der Waals surface area contributed by atoms with Crippen LogP contribution in [0.1, 0.15) is 35.2 Å². The minimum absolute atomic E-state index is 0.130. The number of aromatic nitrogens is 2. The lowest BCUT2D eigenvalue weighted by molar-refractivity contribution is -0.132. The number of fused-ring (bicyclic) bond motifs is 1.